The van der Waals surface area contributed by atoms with E-state index in [1.54, 1.807) is 18.2 Å². The van der Waals surface area contributed by atoms with Gasteiger partial charge in [0.1, 0.15) is 10.7 Å². The van der Waals surface area contributed by atoms with Crippen LogP contribution in [0.4, 0.5) is 5.69 Å². The minimum Gasteiger partial charge on any atom is -0.507 e. The zero-order chi connectivity index (χ0) is 15.6. The molecule has 108 valence electrons. The van der Waals surface area contributed by atoms with Crippen LogP contribution in [0.25, 0.3) is 0 Å². The zero-order valence-electron chi connectivity index (χ0n) is 11.2. The summed E-state index contributed by atoms with van der Waals surface area (Å²) in [6.45, 7) is 1.88. The van der Waals surface area contributed by atoms with Crippen molar-refractivity contribution in [2.24, 2.45) is 5.73 Å². The Kier molecular flexibility index (Phi) is 4.79. The Morgan fingerprint density at radius 3 is 2.52 bits per heavy atom. The van der Waals surface area contributed by atoms with Gasteiger partial charge >= 0.3 is 0 Å². The third-order valence-electron chi connectivity index (χ3n) is 2.98. The molecule has 1 amide bonds. The van der Waals surface area contributed by atoms with Crippen LogP contribution in [-0.2, 0) is 0 Å². The first-order valence-corrected chi connectivity index (χ1v) is 7.57. The highest BCUT2D eigenvalue weighted by atomic mass is 127. The molecule has 4 N–H and O–H groups in total. The van der Waals surface area contributed by atoms with Gasteiger partial charge in [-0.25, -0.2) is 0 Å². The standard InChI is InChI=1S/C15H13IN2O2S/c1-8-2-3-9(14(17)21)6-12(8)18-15(20)10-4-5-11(16)13(19)7-10/h2-7,19H,1H3,(H2,17,21)(H,18,20). The molecule has 0 aliphatic rings. The van der Waals surface area contributed by atoms with Crippen LogP contribution in [0.2, 0.25) is 0 Å². The van der Waals surface area contributed by atoms with Gasteiger partial charge in [-0.3, -0.25) is 4.79 Å². The second kappa shape index (κ2) is 6.40. The number of carbonyl (C=O) groups excluding carboxylic acids is 1. The molecule has 2 aromatic carbocycles. The summed E-state index contributed by atoms with van der Waals surface area (Å²) in [5.74, 6) is -0.221. The number of halogens is 1. The fraction of sp³-hybridized carbons (Fsp3) is 0.0667. The number of hydrogen-bond acceptors (Lipinski definition) is 3. The number of carbonyl (C=O) groups is 1. The Balaban J connectivity index is 2.28. The van der Waals surface area contributed by atoms with Crippen LogP contribution >= 0.6 is 34.8 Å². The van der Waals surface area contributed by atoms with E-state index in [1.165, 1.54) is 6.07 Å². The molecule has 6 heteroatoms. The number of aryl methyl sites for hydroxylation is 1. The molecule has 0 unspecified atom stereocenters. The van der Waals surface area contributed by atoms with Crippen molar-refractivity contribution in [3.05, 3.63) is 56.7 Å². The van der Waals surface area contributed by atoms with Crippen molar-refractivity contribution in [3.63, 3.8) is 0 Å². The van der Waals surface area contributed by atoms with E-state index in [2.05, 4.69) is 5.32 Å². The number of amides is 1. The van der Waals surface area contributed by atoms with Crippen LogP contribution in [-0.4, -0.2) is 16.0 Å². The molecule has 0 heterocycles. The zero-order valence-corrected chi connectivity index (χ0v) is 14.2. The average molecular weight is 412 g/mol. The lowest BCUT2D eigenvalue weighted by atomic mass is 10.1. The molecule has 0 radical (unpaired) electrons. The number of benzene rings is 2. The molecule has 0 bridgehead atoms. The van der Waals surface area contributed by atoms with Crippen LogP contribution in [0.3, 0.4) is 0 Å². The normalized spacial score (nSPS) is 10.2. The SMILES string of the molecule is Cc1ccc(C(N)=S)cc1NC(=O)c1ccc(I)c(O)c1. The predicted molar refractivity (Wildman–Crippen MR) is 95.8 cm³/mol. The summed E-state index contributed by atoms with van der Waals surface area (Å²) in [4.78, 5) is 12.5. The van der Waals surface area contributed by atoms with E-state index < -0.39 is 0 Å². The molecule has 0 saturated carbocycles. The second-order valence-corrected chi connectivity index (χ2v) is 6.12. The number of phenols is 1. The first-order chi connectivity index (χ1) is 9.88. The molecule has 0 aromatic heterocycles. The summed E-state index contributed by atoms with van der Waals surface area (Å²) >= 11 is 6.93. The molecular formula is C15H13IN2O2S. The van der Waals surface area contributed by atoms with Gasteiger partial charge in [0.25, 0.3) is 5.91 Å². The van der Waals surface area contributed by atoms with E-state index in [1.807, 2.05) is 41.6 Å². The third kappa shape index (κ3) is 3.70. The predicted octanol–water partition coefficient (Wildman–Crippen LogP) is 3.19. The number of hydrogen-bond donors (Lipinski definition) is 3. The fourth-order valence-corrected chi connectivity index (χ4v) is 2.22. The summed E-state index contributed by atoms with van der Waals surface area (Å²) in [5.41, 5.74) is 8.21. The van der Waals surface area contributed by atoms with Crippen LogP contribution in [0.1, 0.15) is 21.5 Å². The highest BCUT2D eigenvalue weighted by Crippen LogP contribution is 2.22. The maximum atomic E-state index is 12.2. The van der Waals surface area contributed by atoms with E-state index in [0.717, 1.165) is 5.56 Å². The molecule has 2 rings (SSSR count). The van der Waals surface area contributed by atoms with E-state index in [4.69, 9.17) is 18.0 Å². The molecule has 2 aromatic rings. The minimum absolute atomic E-state index is 0.0804. The van der Waals surface area contributed by atoms with Crippen molar-refractivity contribution in [3.8, 4) is 5.75 Å². The third-order valence-corrected chi connectivity index (χ3v) is 4.13. The van der Waals surface area contributed by atoms with Gasteiger partial charge in [-0.2, -0.15) is 0 Å². The maximum absolute atomic E-state index is 12.2. The molecule has 0 spiro atoms. The Labute approximate surface area is 141 Å². The molecular weight excluding hydrogens is 399 g/mol. The van der Waals surface area contributed by atoms with E-state index in [-0.39, 0.29) is 16.6 Å². The lowest BCUT2D eigenvalue weighted by Gasteiger charge is -2.10. The Hall–Kier alpha value is -1.67. The van der Waals surface area contributed by atoms with E-state index in [0.29, 0.717) is 20.4 Å². The fourth-order valence-electron chi connectivity index (χ4n) is 1.76. The Morgan fingerprint density at radius 1 is 1.24 bits per heavy atom. The summed E-state index contributed by atoms with van der Waals surface area (Å²) < 4.78 is 0.691. The number of aromatic hydroxyl groups is 1. The average Bonchev–Trinajstić information content (AvgIpc) is 2.43. The van der Waals surface area contributed by atoms with Crippen molar-refractivity contribution in [2.45, 2.75) is 6.92 Å². The quantitative estimate of drug-likeness (QED) is 0.535. The Morgan fingerprint density at radius 2 is 1.90 bits per heavy atom. The number of phenolic OH excluding ortho intramolecular Hbond substituents is 1. The van der Waals surface area contributed by atoms with Gasteiger partial charge in [-0.1, -0.05) is 24.4 Å². The molecule has 0 fully saturated rings. The topological polar surface area (TPSA) is 75.3 Å². The Bertz CT molecular complexity index is 732. The van der Waals surface area contributed by atoms with Crippen molar-refractivity contribution >= 4 is 51.4 Å². The highest BCUT2D eigenvalue weighted by Gasteiger charge is 2.11. The van der Waals surface area contributed by atoms with Crippen LogP contribution in [0.15, 0.2) is 36.4 Å². The molecule has 4 nitrogen and oxygen atoms in total. The summed E-state index contributed by atoms with van der Waals surface area (Å²) in [6.07, 6.45) is 0. The number of nitrogens with one attached hydrogen (secondary N) is 1. The number of anilines is 1. The monoisotopic (exact) mass is 412 g/mol. The maximum Gasteiger partial charge on any atom is 0.255 e. The van der Waals surface area contributed by atoms with Gasteiger partial charge in [-0.15, -0.1) is 0 Å². The van der Waals surface area contributed by atoms with Gasteiger partial charge in [0.15, 0.2) is 0 Å². The largest absolute Gasteiger partial charge is 0.507 e. The molecule has 0 atom stereocenters. The van der Waals surface area contributed by atoms with Crippen LogP contribution < -0.4 is 11.1 Å². The summed E-state index contributed by atoms with van der Waals surface area (Å²) in [7, 11) is 0. The van der Waals surface area contributed by atoms with Gasteiger partial charge in [0, 0.05) is 16.8 Å². The van der Waals surface area contributed by atoms with E-state index >= 15 is 0 Å². The van der Waals surface area contributed by atoms with Crippen molar-refractivity contribution in [1.29, 1.82) is 0 Å². The number of thiocarbonyl (C=S) groups is 1. The number of nitrogens with two attached hydrogens (primary N) is 1. The molecule has 0 saturated heterocycles. The first kappa shape index (κ1) is 15.7. The lowest BCUT2D eigenvalue weighted by molar-refractivity contribution is 0.102. The summed E-state index contributed by atoms with van der Waals surface area (Å²) in [6, 6.07) is 10.2. The molecule has 0 aliphatic heterocycles. The summed E-state index contributed by atoms with van der Waals surface area (Å²) in [5, 5.41) is 12.5. The molecule has 21 heavy (non-hydrogen) atoms. The highest BCUT2D eigenvalue weighted by molar-refractivity contribution is 14.1. The van der Waals surface area contributed by atoms with Gasteiger partial charge in [0.2, 0.25) is 0 Å². The van der Waals surface area contributed by atoms with Crippen LogP contribution in [0.5, 0.6) is 5.75 Å². The van der Waals surface area contributed by atoms with Crippen molar-refractivity contribution < 1.29 is 9.90 Å². The second-order valence-electron chi connectivity index (χ2n) is 4.51. The van der Waals surface area contributed by atoms with Crippen LogP contribution in [0, 0.1) is 10.5 Å². The van der Waals surface area contributed by atoms with Crippen molar-refractivity contribution in [2.75, 3.05) is 5.32 Å². The minimum atomic E-state index is -0.301. The smallest absolute Gasteiger partial charge is 0.255 e. The lowest BCUT2D eigenvalue weighted by Crippen LogP contribution is -2.15. The van der Waals surface area contributed by atoms with Gasteiger partial charge in [0.05, 0.1) is 3.57 Å². The van der Waals surface area contributed by atoms with Gasteiger partial charge in [-0.05, 0) is 59.3 Å². The van der Waals surface area contributed by atoms with E-state index in [9.17, 15) is 9.90 Å². The number of rotatable bonds is 3. The first-order valence-electron chi connectivity index (χ1n) is 6.09. The molecule has 0 aliphatic carbocycles. The van der Waals surface area contributed by atoms with Crippen molar-refractivity contribution in [1.82, 2.24) is 0 Å². The van der Waals surface area contributed by atoms with Gasteiger partial charge < -0.3 is 16.2 Å².